The topological polar surface area (TPSA) is 67.4 Å². The summed E-state index contributed by atoms with van der Waals surface area (Å²) in [6.07, 6.45) is 5.66. The van der Waals surface area contributed by atoms with Crippen LogP contribution in [0.15, 0.2) is 30.3 Å². The second-order valence-corrected chi connectivity index (χ2v) is 8.05. The molecule has 3 aliphatic rings. The number of hydrogen-bond donors (Lipinski definition) is 1. The van der Waals surface area contributed by atoms with E-state index in [1.807, 2.05) is 18.2 Å². The van der Waals surface area contributed by atoms with E-state index in [1.165, 1.54) is 12.0 Å². The highest BCUT2D eigenvalue weighted by atomic mass is 16.5. The van der Waals surface area contributed by atoms with Crippen molar-refractivity contribution in [2.45, 2.75) is 44.1 Å². The molecule has 5 rings (SSSR count). The molecule has 1 N–H and O–H groups in total. The molecule has 3 aliphatic heterocycles. The molecule has 0 radical (unpaired) electrons. The van der Waals surface area contributed by atoms with Gasteiger partial charge < -0.3 is 15.0 Å². The Labute approximate surface area is 165 Å². The summed E-state index contributed by atoms with van der Waals surface area (Å²) >= 11 is 0. The molecule has 1 aromatic heterocycles. The van der Waals surface area contributed by atoms with Crippen molar-refractivity contribution in [2.24, 2.45) is 0 Å². The van der Waals surface area contributed by atoms with Gasteiger partial charge in [0, 0.05) is 31.6 Å². The fourth-order valence-corrected chi connectivity index (χ4v) is 4.51. The first-order valence-electron chi connectivity index (χ1n) is 10.3. The highest BCUT2D eigenvalue weighted by Crippen LogP contribution is 2.38. The minimum absolute atomic E-state index is 0.0679. The smallest absolute Gasteiger partial charge is 0.270 e. The van der Waals surface area contributed by atoms with E-state index in [0.29, 0.717) is 12.2 Å². The van der Waals surface area contributed by atoms with Crippen LogP contribution >= 0.6 is 0 Å². The van der Waals surface area contributed by atoms with Crippen molar-refractivity contribution >= 4 is 11.7 Å². The lowest BCUT2D eigenvalue weighted by molar-refractivity contribution is -0.158. The molecule has 0 bridgehead atoms. The van der Waals surface area contributed by atoms with Gasteiger partial charge in [0.1, 0.15) is 17.3 Å². The summed E-state index contributed by atoms with van der Waals surface area (Å²) in [6, 6.07) is 10.4. The Morgan fingerprint density at radius 1 is 1.07 bits per heavy atom. The number of aromatic nitrogens is 2. The Kier molecular flexibility index (Phi) is 4.51. The van der Waals surface area contributed by atoms with Gasteiger partial charge in [0.15, 0.2) is 0 Å². The monoisotopic (exact) mass is 378 g/mol. The van der Waals surface area contributed by atoms with E-state index in [0.717, 1.165) is 69.0 Å². The Balaban J connectivity index is 1.41. The zero-order chi connectivity index (χ0) is 19.0. The van der Waals surface area contributed by atoms with Crippen LogP contribution in [0.5, 0.6) is 0 Å². The molecule has 0 atom stereocenters. The van der Waals surface area contributed by atoms with Crippen LogP contribution in [0.4, 0.5) is 5.82 Å². The van der Waals surface area contributed by atoms with Crippen LogP contribution in [0.2, 0.25) is 0 Å². The number of carbonyl (C=O) groups is 1. The maximum Gasteiger partial charge on any atom is 0.270 e. The number of carbonyl (C=O) groups excluding carboxylic acids is 1. The molecule has 1 aromatic carbocycles. The maximum atomic E-state index is 12.5. The fraction of sp³-hybridized carbons (Fsp3) is 0.500. The summed E-state index contributed by atoms with van der Waals surface area (Å²) in [5.41, 5.74) is 2.95. The minimum atomic E-state index is -0.0679. The molecule has 4 heterocycles. The third-order valence-electron chi connectivity index (χ3n) is 6.33. The Morgan fingerprint density at radius 2 is 1.86 bits per heavy atom. The number of aryl methyl sites for hydroxylation is 2. The van der Waals surface area contributed by atoms with Crippen molar-refractivity contribution in [1.82, 2.24) is 15.3 Å². The Hall–Kier alpha value is -2.47. The average Bonchev–Trinajstić information content (AvgIpc) is 2.72. The predicted molar refractivity (Wildman–Crippen MR) is 107 cm³/mol. The maximum absolute atomic E-state index is 12.5. The summed E-state index contributed by atoms with van der Waals surface area (Å²) in [5, 5.41) is 2.93. The first-order valence-corrected chi connectivity index (χ1v) is 10.3. The number of ether oxygens (including phenoxy) is 1. The summed E-state index contributed by atoms with van der Waals surface area (Å²) < 4.78 is 5.86. The lowest BCUT2D eigenvalue weighted by Crippen LogP contribution is -2.52. The first kappa shape index (κ1) is 17.6. The molecule has 146 valence electrons. The highest BCUT2D eigenvalue weighted by molar-refractivity contribution is 5.96. The number of hydrogen-bond acceptors (Lipinski definition) is 5. The molecule has 0 aliphatic carbocycles. The SMILES string of the molecule is O=C1NCCc2c1nc(CCc1ccccc1)nc2N1CCC2(CCO2)CC1. The fourth-order valence-electron chi connectivity index (χ4n) is 4.51. The zero-order valence-electron chi connectivity index (χ0n) is 16.1. The molecular weight excluding hydrogens is 352 g/mol. The Morgan fingerprint density at radius 3 is 2.57 bits per heavy atom. The lowest BCUT2D eigenvalue weighted by Gasteiger charge is -2.48. The molecule has 0 unspecified atom stereocenters. The van der Waals surface area contributed by atoms with Gasteiger partial charge in [-0.3, -0.25) is 4.79 Å². The van der Waals surface area contributed by atoms with Crippen molar-refractivity contribution in [3.63, 3.8) is 0 Å². The average molecular weight is 378 g/mol. The van der Waals surface area contributed by atoms with Gasteiger partial charge in [0.05, 0.1) is 12.2 Å². The van der Waals surface area contributed by atoms with Crippen molar-refractivity contribution in [2.75, 3.05) is 31.1 Å². The number of fused-ring (bicyclic) bond motifs is 1. The van der Waals surface area contributed by atoms with E-state index >= 15 is 0 Å². The van der Waals surface area contributed by atoms with Gasteiger partial charge in [-0.25, -0.2) is 9.97 Å². The summed E-state index contributed by atoms with van der Waals surface area (Å²) in [7, 11) is 0. The van der Waals surface area contributed by atoms with Gasteiger partial charge in [0.2, 0.25) is 0 Å². The quantitative estimate of drug-likeness (QED) is 0.884. The molecule has 0 saturated carbocycles. The van der Waals surface area contributed by atoms with Gasteiger partial charge in [0.25, 0.3) is 5.91 Å². The third kappa shape index (κ3) is 3.26. The van der Waals surface area contributed by atoms with E-state index in [9.17, 15) is 4.79 Å². The van der Waals surface area contributed by atoms with E-state index < -0.39 is 0 Å². The standard InChI is InChI=1S/C22H26N4O2/c27-21-19-17(8-12-23-21)20(26-13-9-22(10-14-26)11-15-28-22)25-18(24-19)7-6-16-4-2-1-3-5-16/h1-5H,6-15H2,(H,23,27). The number of amides is 1. The van der Waals surface area contributed by atoms with Crippen LogP contribution in [0.1, 0.15) is 46.7 Å². The van der Waals surface area contributed by atoms with Gasteiger partial charge >= 0.3 is 0 Å². The highest BCUT2D eigenvalue weighted by Gasteiger charge is 2.42. The van der Waals surface area contributed by atoms with Crippen LogP contribution in [0.25, 0.3) is 0 Å². The Bertz CT molecular complexity index is 870. The predicted octanol–water partition coefficient (Wildman–Crippen LogP) is 2.31. The molecule has 28 heavy (non-hydrogen) atoms. The van der Waals surface area contributed by atoms with Crippen LogP contribution in [-0.4, -0.2) is 47.7 Å². The van der Waals surface area contributed by atoms with Crippen molar-refractivity contribution in [3.05, 3.63) is 53.0 Å². The summed E-state index contributed by atoms with van der Waals surface area (Å²) in [6.45, 7) is 3.42. The molecule has 2 saturated heterocycles. The molecule has 6 nitrogen and oxygen atoms in total. The molecular formula is C22H26N4O2. The van der Waals surface area contributed by atoms with Gasteiger partial charge in [-0.05, 0) is 37.7 Å². The molecule has 6 heteroatoms. The van der Waals surface area contributed by atoms with E-state index in [4.69, 9.17) is 9.72 Å². The van der Waals surface area contributed by atoms with Crippen LogP contribution in [-0.2, 0) is 24.0 Å². The van der Waals surface area contributed by atoms with Crippen LogP contribution in [0, 0.1) is 0 Å². The number of nitrogens with zero attached hydrogens (tertiary/aromatic N) is 3. The molecule has 1 amide bonds. The number of benzene rings is 1. The summed E-state index contributed by atoms with van der Waals surface area (Å²) in [5.74, 6) is 1.66. The number of anilines is 1. The molecule has 2 aromatic rings. The molecule has 2 fully saturated rings. The van der Waals surface area contributed by atoms with Gasteiger partial charge in [-0.2, -0.15) is 0 Å². The second kappa shape index (κ2) is 7.17. The van der Waals surface area contributed by atoms with Gasteiger partial charge in [-0.1, -0.05) is 30.3 Å². The summed E-state index contributed by atoms with van der Waals surface area (Å²) in [4.78, 5) is 24.4. The lowest BCUT2D eigenvalue weighted by atomic mass is 9.84. The van der Waals surface area contributed by atoms with Crippen LogP contribution < -0.4 is 10.2 Å². The van der Waals surface area contributed by atoms with Crippen molar-refractivity contribution in [3.8, 4) is 0 Å². The largest absolute Gasteiger partial charge is 0.375 e. The van der Waals surface area contributed by atoms with E-state index in [1.54, 1.807) is 0 Å². The van der Waals surface area contributed by atoms with E-state index in [-0.39, 0.29) is 11.5 Å². The number of piperidine rings is 1. The van der Waals surface area contributed by atoms with Crippen LogP contribution in [0.3, 0.4) is 0 Å². The minimum Gasteiger partial charge on any atom is -0.375 e. The van der Waals surface area contributed by atoms with Gasteiger partial charge in [-0.15, -0.1) is 0 Å². The molecule has 1 spiro atoms. The first-order chi connectivity index (χ1) is 13.7. The zero-order valence-corrected chi connectivity index (χ0v) is 16.1. The third-order valence-corrected chi connectivity index (χ3v) is 6.33. The number of nitrogens with one attached hydrogen (secondary N) is 1. The number of rotatable bonds is 4. The van der Waals surface area contributed by atoms with Crippen molar-refractivity contribution < 1.29 is 9.53 Å². The normalized spacial score (nSPS) is 20.4. The van der Waals surface area contributed by atoms with E-state index in [2.05, 4.69) is 27.3 Å². The van der Waals surface area contributed by atoms with Crippen molar-refractivity contribution in [1.29, 1.82) is 0 Å². The second-order valence-electron chi connectivity index (χ2n) is 8.05.